The Balaban J connectivity index is 1.71. The van der Waals surface area contributed by atoms with Gasteiger partial charge < -0.3 is 20.5 Å². The van der Waals surface area contributed by atoms with Crippen molar-refractivity contribution in [1.82, 2.24) is 5.32 Å². The fraction of sp³-hybridized carbons (Fsp3) is 0.200. The molecule has 1 heterocycles. The maximum atomic E-state index is 12.6. The van der Waals surface area contributed by atoms with Gasteiger partial charge in [-0.25, -0.2) is 0 Å². The number of carbonyl (C=O) groups is 2. The molecular weight excluding hydrogens is 364 g/mol. The van der Waals surface area contributed by atoms with Crippen LogP contribution in [0.1, 0.15) is 20.8 Å². The van der Waals surface area contributed by atoms with E-state index in [1.807, 2.05) is 31.2 Å². The molecular formula is C20H20N2O4S. The van der Waals surface area contributed by atoms with Gasteiger partial charge in [0.05, 0.1) is 12.0 Å². The molecule has 2 aromatic carbocycles. The van der Waals surface area contributed by atoms with Crippen LogP contribution in [0.15, 0.2) is 42.5 Å². The number of thiophene rings is 1. The van der Waals surface area contributed by atoms with Gasteiger partial charge in [0.25, 0.3) is 11.8 Å². The van der Waals surface area contributed by atoms with Gasteiger partial charge >= 0.3 is 0 Å². The Labute approximate surface area is 160 Å². The molecule has 0 spiro atoms. The van der Waals surface area contributed by atoms with Crippen LogP contribution < -0.4 is 20.5 Å². The summed E-state index contributed by atoms with van der Waals surface area (Å²) in [5.41, 5.74) is 6.93. The third-order valence-corrected chi connectivity index (χ3v) is 5.37. The molecule has 0 bridgehead atoms. The first kappa shape index (κ1) is 18.7. The van der Waals surface area contributed by atoms with Gasteiger partial charge in [0.2, 0.25) is 0 Å². The van der Waals surface area contributed by atoms with Crippen LogP contribution in [-0.2, 0) is 11.3 Å². The maximum absolute atomic E-state index is 12.6. The molecule has 7 heteroatoms. The highest BCUT2D eigenvalue weighted by atomic mass is 32.1. The number of nitrogens with two attached hydrogens (primary N) is 1. The fourth-order valence-corrected chi connectivity index (χ4v) is 3.87. The number of hydrogen-bond donors (Lipinski definition) is 2. The summed E-state index contributed by atoms with van der Waals surface area (Å²) in [5, 5.41) is 4.04. The lowest BCUT2D eigenvalue weighted by Crippen LogP contribution is -2.22. The van der Waals surface area contributed by atoms with Crippen molar-refractivity contribution in [3.8, 4) is 11.5 Å². The summed E-state index contributed by atoms with van der Waals surface area (Å²) in [5.74, 6) is 0.224. The highest BCUT2D eigenvalue weighted by molar-refractivity contribution is 7.21. The van der Waals surface area contributed by atoms with Crippen molar-refractivity contribution in [2.24, 2.45) is 5.73 Å². The summed E-state index contributed by atoms with van der Waals surface area (Å²) >= 11 is 1.49. The van der Waals surface area contributed by atoms with Crippen molar-refractivity contribution in [1.29, 1.82) is 0 Å². The van der Waals surface area contributed by atoms with Crippen LogP contribution in [0.2, 0.25) is 0 Å². The molecule has 2 amide bonds. The third kappa shape index (κ3) is 4.20. The van der Waals surface area contributed by atoms with E-state index in [0.717, 1.165) is 21.2 Å². The summed E-state index contributed by atoms with van der Waals surface area (Å²) < 4.78 is 11.7. The highest BCUT2D eigenvalue weighted by Crippen LogP contribution is 2.31. The molecule has 0 atom stereocenters. The number of fused-ring (bicyclic) bond motifs is 1. The molecule has 0 aliphatic heterocycles. The number of primary amides is 1. The molecule has 3 N–H and O–H groups in total. The van der Waals surface area contributed by atoms with Crippen LogP contribution in [0.5, 0.6) is 11.5 Å². The SMILES string of the molecule is COc1cc(CNC(=O)c2sc3ccccc3c2C)ccc1OCC(N)=O. The Hall–Kier alpha value is -3.06. The van der Waals surface area contributed by atoms with E-state index in [9.17, 15) is 9.59 Å². The van der Waals surface area contributed by atoms with Gasteiger partial charge in [0, 0.05) is 11.2 Å². The zero-order valence-electron chi connectivity index (χ0n) is 15.1. The number of methoxy groups -OCH3 is 1. The smallest absolute Gasteiger partial charge is 0.261 e. The molecule has 0 saturated heterocycles. The molecule has 140 valence electrons. The van der Waals surface area contributed by atoms with Gasteiger partial charge in [-0.15, -0.1) is 11.3 Å². The average molecular weight is 384 g/mol. The van der Waals surface area contributed by atoms with E-state index >= 15 is 0 Å². The van der Waals surface area contributed by atoms with Crippen molar-refractivity contribution in [2.45, 2.75) is 13.5 Å². The molecule has 0 unspecified atom stereocenters. The molecule has 0 aliphatic carbocycles. The lowest BCUT2D eigenvalue weighted by molar-refractivity contribution is -0.119. The Morgan fingerprint density at radius 1 is 1.15 bits per heavy atom. The van der Waals surface area contributed by atoms with Gasteiger partial charge in [0.1, 0.15) is 0 Å². The molecule has 3 aromatic rings. The molecule has 1 aromatic heterocycles. The largest absolute Gasteiger partial charge is 0.493 e. The molecule has 0 radical (unpaired) electrons. The van der Waals surface area contributed by atoms with E-state index in [0.29, 0.717) is 22.9 Å². The van der Waals surface area contributed by atoms with Crippen LogP contribution in [0.4, 0.5) is 0 Å². The summed E-state index contributed by atoms with van der Waals surface area (Å²) in [6.45, 7) is 2.08. The van der Waals surface area contributed by atoms with E-state index in [1.165, 1.54) is 18.4 Å². The Kier molecular flexibility index (Phi) is 5.61. The molecule has 27 heavy (non-hydrogen) atoms. The average Bonchev–Trinajstić information content (AvgIpc) is 3.01. The van der Waals surface area contributed by atoms with Crippen molar-refractivity contribution in [3.63, 3.8) is 0 Å². The van der Waals surface area contributed by atoms with Gasteiger partial charge in [-0.05, 0) is 41.6 Å². The lowest BCUT2D eigenvalue weighted by atomic mass is 10.1. The molecule has 0 fully saturated rings. The summed E-state index contributed by atoms with van der Waals surface area (Å²) in [6.07, 6.45) is 0. The summed E-state index contributed by atoms with van der Waals surface area (Å²) in [6, 6.07) is 13.2. The first-order chi connectivity index (χ1) is 13.0. The van der Waals surface area contributed by atoms with E-state index in [-0.39, 0.29) is 12.5 Å². The highest BCUT2D eigenvalue weighted by Gasteiger charge is 2.15. The van der Waals surface area contributed by atoms with Crippen LogP contribution >= 0.6 is 11.3 Å². The minimum absolute atomic E-state index is 0.110. The molecule has 0 aliphatic rings. The maximum Gasteiger partial charge on any atom is 0.261 e. The fourth-order valence-electron chi connectivity index (χ4n) is 2.74. The minimum atomic E-state index is -0.563. The number of ether oxygens (including phenoxy) is 2. The molecule has 3 rings (SSSR count). The van der Waals surface area contributed by atoms with Crippen LogP contribution in [0, 0.1) is 6.92 Å². The van der Waals surface area contributed by atoms with E-state index in [2.05, 4.69) is 5.32 Å². The molecule has 6 nitrogen and oxygen atoms in total. The van der Waals surface area contributed by atoms with Crippen molar-refractivity contribution >= 4 is 33.2 Å². The topological polar surface area (TPSA) is 90.7 Å². The van der Waals surface area contributed by atoms with Crippen molar-refractivity contribution in [3.05, 3.63) is 58.5 Å². The monoisotopic (exact) mass is 384 g/mol. The van der Waals surface area contributed by atoms with Crippen molar-refractivity contribution in [2.75, 3.05) is 13.7 Å². The Morgan fingerprint density at radius 2 is 1.93 bits per heavy atom. The lowest BCUT2D eigenvalue weighted by Gasteiger charge is -2.11. The van der Waals surface area contributed by atoms with Gasteiger partial charge in [0.15, 0.2) is 18.1 Å². The number of rotatable bonds is 7. The number of aryl methyl sites for hydroxylation is 1. The standard InChI is InChI=1S/C20H20N2O4S/c1-12-14-5-3-4-6-17(14)27-19(12)20(24)22-10-13-7-8-15(16(9-13)25-2)26-11-18(21)23/h3-9H,10-11H2,1-2H3,(H2,21,23)(H,22,24). The van der Waals surface area contributed by atoms with Gasteiger partial charge in [-0.3, -0.25) is 9.59 Å². The summed E-state index contributed by atoms with van der Waals surface area (Å²) in [4.78, 5) is 24.2. The summed E-state index contributed by atoms with van der Waals surface area (Å²) in [7, 11) is 1.51. The number of amides is 2. The quantitative estimate of drug-likeness (QED) is 0.655. The third-order valence-electron chi connectivity index (χ3n) is 4.10. The molecule has 0 saturated carbocycles. The Morgan fingerprint density at radius 3 is 2.63 bits per heavy atom. The first-order valence-corrected chi connectivity index (χ1v) is 9.15. The van der Waals surface area contributed by atoms with Crippen LogP contribution in [0.25, 0.3) is 10.1 Å². The number of hydrogen-bond acceptors (Lipinski definition) is 5. The first-order valence-electron chi connectivity index (χ1n) is 8.34. The second-order valence-corrected chi connectivity index (χ2v) is 7.03. The second-order valence-electron chi connectivity index (χ2n) is 5.98. The van der Waals surface area contributed by atoms with E-state index < -0.39 is 5.91 Å². The van der Waals surface area contributed by atoms with E-state index in [4.69, 9.17) is 15.2 Å². The van der Waals surface area contributed by atoms with Crippen LogP contribution in [0.3, 0.4) is 0 Å². The number of benzene rings is 2. The van der Waals surface area contributed by atoms with Gasteiger partial charge in [-0.2, -0.15) is 0 Å². The predicted molar refractivity (Wildman–Crippen MR) is 105 cm³/mol. The predicted octanol–water partition coefficient (Wildman–Crippen LogP) is 3.01. The minimum Gasteiger partial charge on any atom is -0.493 e. The normalized spacial score (nSPS) is 10.6. The second kappa shape index (κ2) is 8.09. The zero-order chi connectivity index (χ0) is 19.4. The van der Waals surface area contributed by atoms with Crippen molar-refractivity contribution < 1.29 is 19.1 Å². The van der Waals surface area contributed by atoms with E-state index in [1.54, 1.807) is 18.2 Å². The zero-order valence-corrected chi connectivity index (χ0v) is 15.9. The number of nitrogens with one attached hydrogen (secondary N) is 1. The van der Waals surface area contributed by atoms with Crippen LogP contribution in [-0.4, -0.2) is 25.5 Å². The Bertz CT molecular complexity index is 997. The number of carbonyl (C=O) groups excluding carboxylic acids is 2. The van der Waals surface area contributed by atoms with Gasteiger partial charge in [-0.1, -0.05) is 24.3 Å².